The van der Waals surface area contributed by atoms with E-state index in [2.05, 4.69) is 6.08 Å². The Labute approximate surface area is 90.6 Å². The molecule has 0 aromatic heterocycles. The van der Waals surface area contributed by atoms with Gasteiger partial charge < -0.3 is 0 Å². The van der Waals surface area contributed by atoms with Gasteiger partial charge in [0.1, 0.15) is 0 Å². The molecule has 3 heteroatoms. The van der Waals surface area contributed by atoms with Crippen LogP contribution in [0.25, 0.3) is 5.57 Å². The normalized spacial score (nSPS) is 16.5. The minimum Gasteiger partial charge on any atom is -0.224 e. The molecule has 0 unspecified atom stereocenters. The molecule has 1 aromatic rings. The number of allylic oxidation sites excluding steroid dienone is 2. The Kier molecular flexibility index (Phi) is 2.65. The topological polar surface area (TPSA) is 34.1 Å². The van der Waals surface area contributed by atoms with Gasteiger partial charge in [-0.1, -0.05) is 18.2 Å². The Bertz CT molecular complexity index is 481. The molecule has 0 bridgehead atoms. The molecular weight excluding hydrogens is 208 g/mol. The summed E-state index contributed by atoms with van der Waals surface area (Å²) in [5, 5.41) is 0. The molecule has 0 saturated carbocycles. The van der Waals surface area contributed by atoms with E-state index in [9.17, 15) is 8.42 Å². The molecule has 0 aliphatic heterocycles. The Morgan fingerprint density at radius 3 is 2.27 bits per heavy atom. The van der Waals surface area contributed by atoms with Crippen LogP contribution in [0.1, 0.15) is 24.8 Å². The van der Waals surface area contributed by atoms with Crippen molar-refractivity contribution in [3.63, 3.8) is 0 Å². The number of hydrogen-bond acceptors (Lipinski definition) is 2. The first-order valence-electron chi connectivity index (χ1n) is 5.07. The van der Waals surface area contributed by atoms with Gasteiger partial charge in [-0.15, -0.1) is 0 Å². The van der Waals surface area contributed by atoms with Crippen molar-refractivity contribution in [3.05, 3.63) is 35.9 Å². The van der Waals surface area contributed by atoms with Gasteiger partial charge in [0.2, 0.25) is 0 Å². The van der Waals surface area contributed by atoms with Gasteiger partial charge >= 0.3 is 0 Å². The van der Waals surface area contributed by atoms with Crippen molar-refractivity contribution < 1.29 is 8.42 Å². The third kappa shape index (κ3) is 2.29. The molecule has 0 spiro atoms. The second kappa shape index (κ2) is 3.81. The molecule has 0 radical (unpaired) electrons. The lowest BCUT2D eigenvalue weighted by molar-refractivity contribution is 0.602. The third-order valence-corrected chi connectivity index (χ3v) is 3.82. The molecule has 2 rings (SSSR count). The van der Waals surface area contributed by atoms with Gasteiger partial charge in [-0.2, -0.15) is 0 Å². The zero-order valence-corrected chi connectivity index (χ0v) is 9.55. The van der Waals surface area contributed by atoms with Crippen LogP contribution in [0, 0.1) is 0 Å². The average Bonchev–Trinajstić information content (AvgIpc) is 2.69. The van der Waals surface area contributed by atoms with Crippen LogP contribution in [0.3, 0.4) is 0 Å². The highest BCUT2D eigenvalue weighted by Crippen LogP contribution is 2.27. The lowest BCUT2D eigenvalue weighted by Gasteiger charge is -2.03. The molecule has 2 nitrogen and oxygen atoms in total. The van der Waals surface area contributed by atoms with Crippen molar-refractivity contribution in [2.45, 2.75) is 24.2 Å². The third-order valence-electron chi connectivity index (χ3n) is 2.69. The van der Waals surface area contributed by atoms with Crippen LogP contribution in [0.5, 0.6) is 0 Å². The lowest BCUT2D eigenvalue weighted by Crippen LogP contribution is -1.96. The van der Waals surface area contributed by atoms with E-state index < -0.39 is 9.84 Å². The quantitative estimate of drug-likeness (QED) is 0.771. The largest absolute Gasteiger partial charge is 0.224 e. The Hall–Kier alpha value is -1.09. The first kappa shape index (κ1) is 10.4. The van der Waals surface area contributed by atoms with E-state index >= 15 is 0 Å². The van der Waals surface area contributed by atoms with E-state index in [0.29, 0.717) is 4.90 Å². The van der Waals surface area contributed by atoms with Crippen molar-refractivity contribution in [1.82, 2.24) is 0 Å². The van der Waals surface area contributed by atoms with Crippen LogP contribution in [0.4, 0.5) is 0 Å². The second-order valence-corrected chi connectivity index (χ2v) is 5.93. The summed E-state index contributed by atoms with van der Waals surface area (Å²) < 4.78 is 22.5. The molecule has 15 heavy (non-hydrogen) atoms. The zero-order valence-electron chi connectivity index (χ0n) is 8.73. The minimum atomic E-state index is -3.06. The van der Waals surface area contributed by atoms with Gasteiger partial charge in [0.05, 0.1) is 4.90 Å². The van der Waals surface area contributed by atoms with Gasteiger partial charge in [-0.05, 0) is 42.5 Å². The molecule has 1 aliphatic rings. The van der Waals surface area contributed by atoms with Crippen LogP contribution < -0.4 is 0 Å². The fourth-order valence-corrected chi connectivity index (χ4v) is 2.48. The number of sulfone groups is 1. The second-order valence-electron chi connectivity index (χ2n) is 3.92. The molecule has 0 amide bonds. The van der Waals surface area contributed by atoms with Crippen molar-refractivity contribution >= 4 is 15.4 Å². The predicted molar refractivity (Wildman–Crippen MR) is 61.4 cm³/mol. The lowest BCUT2D eigenvalue weighted by atomic mass is 10.1. The van der Waals surface area contributed by atoms with Crippen molar-refractivity contribution in [2.24, 2.45) is 0 Å². The Morgan fingerprint density at radius 2 is 1.80 bits per heavy atom. The first-order chi connectivity index (χ1) is 7.07. The summed E-state index contributed by atoms with van der Waals surface area (Å²) >= 11 is 0. The number of rotatable bonds is 2. The van der Waals surface area contributed by atoms with Gasteiger partial charge in [0, 0.05) is 6.26 Å². The fourth-order valence-electron chi connectivity index (χ4n) is 1.85. The highest BCUT2D eigenvalue weighted by atomic mass is 32.2. The molecule has 0 heterocycles. The van der Waals surface area contributed by atoms with E-state index in [0.717, 1.165) is 18.4 Å². The first-order valence-corrected chi connectivity index (χ1v) is 6.96. The fraction of sp³-hybridized carbons (Fsp3) is 0.333. The highest BCUT2D eigenvalue weighted by Gasteiger charge is 2.09. The zero-order chi connectivity index (χ0) is 10.9. The maximum atomic E-state index is 11.3. The summed E-state index contributed by atoms with van der Waals surface area (Å²) in [6, 6.07) is 7.16. The Morgan fingerprint density at radius 1 is 1.13 bits per heavy atom. The minimum absolute atomic E-state index is 0.393. The van der Waals surface area contributed by atoms with E-state index in [4.69, 9.17) is 0 Å². The highest BCUT2D eigenvalue weighted by molar-refractivity contribution is 7.90. The van der Waals surface area contributed by atoms with Crippen LogP contribution in [-0.2, 0) is 9.84 Å². The van der Waals surface area contributed by atoms with E-state index in [1.807, 2.05) is 12.1 Å². The molecule has 0 atom stereocenters. The summed E-state index contributed by atoms with van der Waals surface area (Å²) in [6.45, 7) is 0. The van der Waals surface area contributed by atoms with Crippen molar-refractivity contribution in [3.8, 4) is 0 Å². The predicted octanol–water partition coefficient (Wildman–Crippen LogP) is 2.66. The van der Waals surface area contributed by atoms with Gasteiger partial charge in [0.15, 0.2) is 9.84 Å². The summed E-state index contributed by atoms with van der Waals surface area (Å²) in [5.74, 6) is 0. The molecule has 0 saturated heterocycles. The van der Waals surface area contributed by atoms with Crippen molar-refractivity contribution in [2.75, 3.05) is 6.26 Å². The summed E-state index contributed by atoms with van der Waals surface area (Å²) in [6.07, 6.45) is 6.93. The SMILES string of the molecule is CS(=O)(=O)c1ccc(C2=CCCC2)cc1. The average molecular weight is 222 g/mol. The van der Waals surface area contributed by atoms with E-state index in [-0.39, 0.29) is 0 Å². The monoisotopic (exact) mass is 222 g/mol. The van der Waals surface area contributed by atoms with Gasteiger partial charge in [-0.25, -0.2) is 8.42 Å². The van der Waals surface area contributed by atoms with E-state index in [1.165, 1.54) is 18.2 Å². The number of hydrogen-bond donors (Lipinski definition) is 0. The van der Waals surface area contributed by atoms with Crippen LogP contribution in [-0.4, -0.2) is 14.7 Å². The maximum absolute atomic E-state index is 11.3. The molecule has 0 fully saturated rings. The van der Waals surface area contributed by atoms with Crippen LogP contribution in [0.2, 0.25) is 0 Å². The van der Waals surface area contributed by atoms with E-state index in [1.54, 1.807) is 12.1 Å². The van der Waals surface area contributed by atoms with Gasteiger partial charge in [-0.3, -0.25) is 0 Å². The molecule has 1 aromatic carbocycles. The molecule has 1 aliphatic carbocycles. The standard InChI is InChI=1S/C12H14O2S/c1-15(13,14)12-8-6-11(7-9-12)10-4-2-3-5-10/h4,6-9H,2-3,5H2,1H3. The summed E-state index contributed by atoms with van der Waals surface area (Å²) in [4.78, 5) is 0.393. The summed E-state index contributed by atoms with van der Waals surface area (Å²) in [7, 11) is -3.06. The maximum Gasteiger partial charge on any atom is 0.175 e. The Balaban J connectivity index is 2.32. The molecular formula is C12H14O2S. The number of benzene rings is 1. The molecule has 80 valence electrons. The van der Waals surface area contributed by atoms with Gasteiger partial charge in [0.25, 0.3) is 0 Å². The van der Waals surface area contributed by atoms with Crippen molar-refractivity contribution in [1.29, 1.82) is 0 Å². The van der Waals surface area contributed by atoms with Crippen LogP contribution in [0.15, 0.2) is 35.2 Å². The smallest absolute Gasteiger partial charge is 0.175 e. The van der Waals surface area contributed by atoms with Crippen LogP contribution >= 0.6 is 0 Å². The molecule has 0 N–H and O–H groups in total. The summed E-state index contributed by atoms with van der Waals surface area (Å²) in [5.41, 5.74) is 2.50.